The maximum atomic E-state index is 11.4. The molecule has 0 saturated heterocycles. The van der Waals surface area contributed by atoms with Crippen LogP contribution < -0.4 is 4.90 Å². The number of sulfonamides is 2. The number of hydrogen-bond acceptors (Lipinski definition) is 5. The maximum absolute atomic E-state index is 11.4. The summed E-state index contributed by atoms with van der Waals surface area (Å²) in [6, 6.07) is 0. The molecular formula is C7H15F6N3O4S2. The number of halogens is 6. The van der Waals surface area contributed by atoms with Gasteiger partial charge in [-0.1, -0.05) is 0 Å². The molecule has 0 aromatic carbocycles. The van der Waals surface area contributed by atoms with Gasteiger partial charge in [-0.3, -0.25) is 4.90 Å². The number of nitrogens with zero attached hydrogens (tertiary/aromatic N) is 2. The van der Waals surface area contributed by atoms with E-state index in [0.717, 1.165) is 10.8 Å². The number of alkyl halides is 6. The van der Waals surface area contributed by atoms with E-state index >= 15 is 0 Å². The van der Waals surface area contributed by atoms with Gasteiger partial charge in [0.15, 0.2) is 20.0 Å². The molecule has 0 fully saturated rings. The van der Waals surface area contributed by atoms with Crippen LogP contribution in [-0.2, 0) is 20.0 Å². The Balaban J connectivity index is 0. The first-order valence-corrected chi connectivity index (χ1v) is 8.02. The quantitative estimate of drug-likeness (QED) is 0.532. The third-order valence-corrected chi connectivity index (χ3v) is 4.15. The average Bonchev–Trinajstić information content (AvgIpc) is 2.09. The molecule has 0 atom stereocenters. The normalized spacial score (nSPS) is 14.0. The molecular weight excluding hydrogens is 368 g/mol. The van der Waals surface area contributed by atoms with Crippen LogP contribution in [0.1, 0.15) is 0 Å². The van der Waals surface area contributed by atoms with Crippen molar-refractivity contribution in [1.29, 1.82) is 0 Å². The highest BCUT2D eigenvalue weighted by atomic mass is 32.3. The lowest BCUT2D eigenvalue weighted by molar-refractivity contribution is -0.868. The summed E-state index contributed by atoms with van der Waals surface area (Å²) in [5.74, 6) is 0. The molecule has 0 amide bonds. The molecule has 0 heterocycles. The Bertz CT molecular complexity index is 490. The Morgan fingerprint density at radius 3 is 1.23 bits per heavy atom. The van der Waals surface area contributed by atoms with Gasteiger partial charge in [-0.15, -0.1) is 0 Å². The second-order valence-electron chi connectivity index (χ2n) is 4.36. The second-order valence-corrected chi connectivity index (χ2v) is 7.78. The van der Waals surface area contributed by atoms with Gasteiger partial charge < -0.3 is 9.03 Å². The maximum Gasteiger partial charge on any atom is 0.480 e. The second kappa shape index (κ2) is 7.76. The molecule has 0 aromatic heterocycles. The minimum atomic E-state index is -6.72. The predicted octanol–water partition coefficient (Wildman–Crippen LogP) is -0.291. The van der Waals surface area contributed by atoms with Crippen LogP contribution in [0.3, 0.4) is 0 Å². The van der Waals surface area contributed by atoms with E-state index in [1.54, 1.807) is 0 Å². The van der Waals surface area contributed by atoms with Crippen LogP contribution >= 0.6 is 0 Å². The lowest BCUT2D eigenvalue weighted by atomic mass is 10.8. The molecule has 0 unspecified atom stereocenters. The van der Waals surface area contributed by atoms with Crippen LogP contribution in [0, 0.1) is 0 Å². The summed E-state index contributed by atoms with van der Waals surface area (Å²) in [5.41, 5.74) is -12.4. The van der Waals surface area contributed by atoms with Gasteiger partial charge in [-0.05, 0) is 14.1 Å². The number of quaternary nitrogens is 1. The molecule has 0 spiro atoms. The van der Waals surface area contributed by atoms with Crippen molar-refractivity contribution >= 4 is 20.0 Å². The first-order chi connectivity index (χ1) is 9.33. The van der Waals surface area contributed by atoms with Crippen LogP contribution in [-0.4, -0.2) is 67.6 Å². The average molecular weight is 383 g/mol. The molecule has 15 heteroatoms. The van der Waals surface area contributed by atoms with Crippen molar-refractivity contribution in [3.8, 4) is 0 Å². The fraction of sp³-hybridized carbons (Fsp3) is 1.00. The molecule has 0 bridgehead atoms. The Morgan fingerprint density at radius 2 is 1.14 bits per heavy atom. The van der Waals surface area contributed by atoms with E-state index < -0.39 is 31.1 Å². The zero-order valence-corrected chi connectivity index (χ0v) is 13.5. The molecule has 0 aliphatic heterocycles. The van der Waals surface area contributed by atoms with E-state index in [1.807, 2.05) is 0 Å². The van der Waals surface area contributed by atoms with Crippen LogP contribution in [0.15, 0.2) is 0 Å². The zero-order valence-electron chi connectivity index (χ0n) is 11.8. The minimum Gasteiger partial charge on any atom is -0.421 e. The lowest BCUT2D eigenvalue weighted by Crippen LogP contribution is -3.07. The molecule has 136 valence electrons. The summed E-state index contributed by atoms with van der Waals surface area (Å²) in [4.78, 5) is 3.62. The van der Waals surface area contributed by atoms with Crippen molar-refractivity contribution in [1.82, 2.24) is 4.90 Å². The van der Waals surface area contributed by atoms with E-state index in [0.29, 0.717) is 0 Å². The smallest absolute Gasteiger partial charge is 0.421 e. The van der Waals surface area contributed by atoms with Crippen molar-refractivity contribution in [2.45, 2.75) is 11.0 Å². The molecule has 0 aromatic rings. The first kappa shape index (κ1) is 23.6. The summed E-state index contributed by atoms with van der Waals surface area (Å²) in [6.45, 7) is 1.11. The fourth-order valence-electron chi connectivity index (χ4n) is 0.846. The molecule has 0 radical (unpaired) electrons. The van der Waals surface area contributed by atoms with Crippen molar-refractivity contribution in [2.75, 3.05) is 34.9 Å². The van der Waals surface area contributed by atoms with Crippen molar-refractivity contribution in [3.05, 3.63) is 4.13 Å². The molecule has 0 rings (SSSR count). The zero-order chi connectivity index (χ0) is 18.6. The molecule has 22 heavy (non-hydrogen) atoms. The van der Waals surface area contributed by atoms with Crippen LogP contribution in [0.5, 0.6) is 0 Å². The summed E-state index contributed by atoms with van der Waals surface area (Å²) in [5, 5.41) is 0. The standard InChI is InChI=1S/C5H14N2.C2F6NO4S2/c1-6(2)5-7(3)4;3-1(4,5)14(10,11)9-15(12,13)2(6,7)8/h5H2,1-4H3;/q;-1/p+1. The molecule has 0 aliphatic carbocycles. The van der Waals surface area contributed by atoms with Crippen LogP contribution in [0.4, 0.5) is 26.3 Å². The Labute approximate surface area is 124 Å². The monoisotopic (exact) mass is 383 g/mol. The Kier molecular flexibility index (Phi) is 8.33. The first-order valence-electron chi connectivity index (χ1n) is 5.14. The van der Waals surface area contributed by atoms with Gasteiger partial charge in [-0.25, -0.2) is 16.8 Å². The van der Waals surface area contributed by atoms with Gasteiger partial charge in [0, 0.05) is 0 Å². The lowest BCUT2D eigenvalue weighted by Gasteiger charge is -2.22. The van der Waals surface area contributed by atoms with Crippen LogP contribution in [0.2, 0.25) is 0 Å². The molecule has 0 aliphatic rings. The highest BCUT2D eigenvalue weighted by Gasteiger charge is 2.46. The van der Waals surface area contributed by atoms with Crippen LogP contribution in [0.25, 0.3) is 4.13 Å². The number of hydrogen-bond donors (Lipinski definition) is 1. The summed E-state index contributed by atoms with van der Waals surface area (Å²) < 4.78 is 109. The minimum absolute atomic E-state index is 0.778. The van der Waals surface area contributed by atoms with Gasteiger partial charge in [0.2, 0.25) is 0 Å². The third kappa shape index (κ3) is 8.72. The topological polar surface area (TPSA) is 90.1 Å². The van der Waals surface area contributed by atoms with Gasteiger partial charge in [0.1, 0.15) is 6.67 Å². The van der Waals surface area contributed by atoms with E-state index in [4.69, 9.17) is 0 Å². The van der Waals surface area contributed by atoms with E-state index in [9.17, 15) is 43.2 Å². The Hall–Kier alpha value is -0.640. The predicted molar refractivity (Wildman–Crippen MR) is 64.7 cm³/mol. The SMILES string of the molecule is CN(C)C[NH+](C)C.O=S(=O)([N-]S(=O)(=O)C(F)(F)F)C(F)(F)F. The molecule has 1 N–H and O–H groups in total. The van der Waals surface area contributed by atoms with Gasteiger partial charge in [-0.2, -0.15) is 26.3 Å². The number of nitrogens with one attached hydrogen (secondary N) is 1. The summed E-state index contributed by atoms with van der Waals surface area (Å²) in [6.07, 6.45) is 0. The highest BCUT2D eigenvalue weighted by molar-refractivity contribution is 8.13. The van der Waals surface area contributed by atoms with Crippen molar-refractivity contribution < 1.29 is 48.1 Å². The van der Waals surface area contributed by atoms with Crippen molar-refractivity contribution in [2.24, 2.45) is 0 Å². The summed E-state index contributed by atoms with van der Waals surface area (Å²) >= 11 is 0. The molecule has 7 nitrogen and oxygen atoms in total. The largest absolute Gasteiger partial charge is 0.480 e. The summed E-state index contributed by atoms with van der Waals surface area (Å²) in [7, 11) is -5.01. The third-order valence-electron chi connectivity index (χ3n) is 1.41. The van der Waals surface area contributed by atoms with Gasteiger partial charge in [0.05, 0.1) is 14.1 Å². The Morgan fingerprint density at radius 1 is 0.864 bits per heavy atom. The van der Waals surface area contributed by atoms with Gasteiger partial charge >= 0.3 is 11.0 Å². The van der Waals surface area contributed by atoms with Gasteiger partial charge in [0.25, 0.3) is 0 Å². The fourth-order valence-corrected chi connectivity index (χ4v) is 2.56. The number of rotatable bonds is 4. The van der Waals surface area contributed by atoms with E-state index in [2.05, 4.69) is 33.1 Å². The molecule has 0 saturated carbocycles. The highest BCUT2D eigenvalue weighted by Crippen LogP contribution is 2.36. The van der Waals surface area contributed by atoms with E-state index in [1.165, 1.54) is 4.90 Å². The van der Waals surface area contributed by atoms with Crippen molar-refractivity contribution in [3.63, 3.8) is 0 Å². The van der Waals surface area contributed by atoms with E-state index in [-0.39, 0.29) is 0 Å².